The van der Waals surface area contributed by atoms with Crippen LogP contribution in [-0.4, -0.2) is 83.3 Å². The van der Waals surface area contributed by atoms with Crippen LogP contribution in [0.5, 0.6) is 0 Å². The Morgan fingerprint density at radius 2 is 1.45 bits per heavy atom. The van der Waals surface area contributed by atoms with Gasteiger partial charge in [0.2, 0.25) is 0 Å². The van der Waals surface area contributed by atoms with Crippen LogP contribution in [0.4, 0.5) is 0 Å². The van der Waals surface area contributed by atoms with Gasteiger partial charge in [0.25, 0.3) is 0 Å². The van der Waals surface area contributed by atoms with Gasteiger partial charge >= 0.3 is 0 Å². The average molecular weight is 593 g/mol. The normalized spacial score (nSPS) is 40.5. The fourth-order valence-electron chi connectivity index (χ4n) is 10.5. The van der Waals surface area contributed by atoms with Crippen molar-refractivity contribution in [2.24, 2.45) is 63.5 Å². The predicted molar refractivity (Wildman–Crippen MR) is 173 cm³/mol. The van der Waals surface area contributed by atoms with E-state index in [0.717, 1.165) is 45.5 Å². The third kappa shape index (κ3) is 7.40. The molecule has 0 spiro atoms. The van der Waals surface area contributed by atoms with Crippen molar-refractivity contribution < 1.29 is 14.2 Å². The molecule has 0 saturated heterocycles. The summed E-state index contributed by atoms with van der Waals surface area (Å²) >= 11 is 0. The van der Waals surface area contributed by atoms with Crippen molar-refractivity contribution in [1.29, 1.82) is 0 Å². The van der Waals surface area contributed by atoms with Crippen molar-refractivity contribution >= 4 is 0 Å². The summed E-state index contributed by atoms with van der Waals surface area (Å²) in [5.41, 5.74) is 18.2. The maximum atomic E-state index is 6.98. The Bertz CT molecular complexity index is 800. The Hall–Kier alpha value is -0.280. The second-order valence-corrected chi connectivity index (χ2v) is 15.4. The van der Waals surface area contributed by atoms with Crippen LogP contribution in [-0.2, 0) is 14.2 Å². The summed E-state index contributed by atoms with van der Waals surface area (Å²) in [6.45, 7) is 13.4. The van der Waals surface area contributed by atoms with E-state index in [1.807, 2.05) is 0 Å². The molecule has 7 heteroatoms. The summed E-state index contributed by atoms with van der Waals surface area (Å²) < 4.78 is 20.2. The summed E-state index contributed by atoms with van der Waals surface area (Å²) in [7, 11) is 4.39. The van der Waals surface area contributed by atoms with Gasteiger partial charge in [0.05, 0.1) is 18.3 Å². The monoisotopic (exact) mass is 593 g/mol. The quantitative estimate of drug-likeness (QED) is 0.203. The standard InChI is InChI=1S/C35H68N4O3/c1-25(10-6-18-39(4)5)28-11-12-29-33-30(24-32(35(28,29)3)42-21-9-17-38)34(2)14-13-27(40-19-7-15-36)22-26(34)23-31(33)41-20-8-16-37/h25-33H,6-24,36-38H2,1-5H3/t25-,26+,27-,28-,29+,30+,31-,32+,33+,34+,35-/m1/s1. The van der Waals surface area contributed by atoms with Crippen LogP contribution in [0.15, 0.2) is 0 Å². The summed E-state index contributed by atoms with van der Waals surface area (Å²) in [5.74, 6) is 3.94. The van der Waals surface area contributed by atoms with E-state index in [4.69, 9.17) is 31.4 Å². The van der Waals surface area contributed by atoms with E-state index in [2.05, 4.69) is 39.8 Å². The lowest BCUT2D eigenvalue weighted by atomic mass is 9.43. The number of nitrogens with zero attached hydrogens (tertiary/aromatic N) is 1. The van der Waals surface area contributed by atoms with Gasteiger partial charge < -0.3 is 36.3 Å². The summed E-state index contributed by atoms with van der Waals surface area (Å²) in [6, 6.07) is 0. The summed E-state index contributed by atoms with van der Waals surface area (Å²) in [6.07, 6.45) is 15.0. The molecule has 7 nitrogen and oxygen atoms in total. The largest absolute Gasteiger partial charge is 0.378 e. The molecular weight excluding hydrogens is 524 g/mol. The molecule has 0 heterocycles. The minimum atomic E-state index is 0.189. The number of ether oxygens (including phenoxy) is 3. The third-order valence-corrected chi connectivity index (χ3v) is 12.8. The number of nitrogens with two attached hydrogens (primary N) is 3. The van der Waals surface area contributed by atoms with Gasteiger partial charge in [-0.25, -0.2) is 0 Å². The molecule has 0 aliphatic heterocycles. The molecule has 4 aliphatic carbocycles. The number of rotatable bonds is 17. The van der Waals surface area contributed by atoms with Crippen LogP contribution in [0.25, 0.3) is 0 Å². The molecule has 4 aliphatic rings. The van der Waals surface area contributed by atoms with Gasteiger partial charge in [-0.2, -0.15) is 0 Å². The van der Waals surface area contributed by atoms with Gasteiger partial charge in [-0.1, -0.05) is 20.8 Å². The van der Waals surface area contributed by atoms with E-state index >= 15 is 0 Å². The van der Waals surface area contributed by atoms with Gasteiger partial charge in [-0.15, -0.1) is 0 Å². The second-order valence-electron chi connectivity index (χ2n) is 15.4. The Balaban J connectivity index is 1.62. The van der Waals surface area contributed by atoms with Crippen LogP contribution >= 0.6 is 0 Å². The Morgan fingerprint density at radius 1 is 0.786 bits per heavy atom. The lowest BCUT2D eigenvalue weighted by molar-refractivity contribution is -0.227. The Labute approximate surface area is 258 Å². The molecule has 11 atom stereocenters. The molecule has 0 amide bonds. The number of fused-ring (bicyclic) bond motifs is 5. The van der Waals surface area contributed by atoms with Crippen molar-refractivity contribution in [3.63, 3.8) is 0 Å². The van der Waals surface area contributed by atoms with Gasteiger partial charge in [-0.3, -0.25) is 0 Å². The van der Waals surface area contributed by atoms with Crippen molar-refractivity contribution in [3.05, 3.63) is 0 Å². The van der Waals surface area contributed by atoms with Crippen molar-refractivity contribution in [1.82, 2.24) is 4.90 Å². The second kappa shape index (κ2) is 15.8. The SMILES string of the molecule is C[C@H](CCCN(C)C)[C@H]1CC[C@H]2[C@@H]3[C@H](OCCCN)C[C@@H]4C[C@H](OCCCN)CC[C@]4(C)[C@H]3C[C@H](OCCCN)[C@]12C. The molecule has 0 aromatic carbocycles. The third-order valence-electron chi connectivity index (χ3n) is 12.8. The first-order valence-electron chi connectivity index (χ1n) is 17.8. The fraction of sp³-hybridized carbons (Fsp3) is 1.00. The van der Waals surface area contributed by atoms with Crippen molar-refractivity contribution in [2.45, 2.75) is 116 Å². The first-order valence-corrected chi connectivity index (χ1v) is 17.8. The van der Waals surface area contributed by atoms with Gasteiger partial charge in [0.15, 0.2) is 0 Å². The number of hydrogen-bond donors (Lipinski definition) is 3. The zero-order valence-corrected chi connectivity index (χ0v) is 28.0. The minimum absolute atomic E-state index is 0.189. The lowest BCUT2D eigenvalue weighted by Gasteiger charge is -2.65. The molecule has 246 valence electrons. The highest BCUT2D eigenvalue weighted by molar-refractivity contribution is 5.15. The Kier molecular flexibility index (Phi) is 13.0. The van der Waals surface area contributed by atoms with E-state index in [1.165, 1.54) is 57.9 Å². The predicted octanol–water partition coefficient (Wildman–Crippen LogP) is 5.05. The van der Waals surface area contributed by atoms with Crippen LogP contribution < -0.4 is 17.2 Å². The van der Waals surface area contributed by atoms with E-state index in [9.17, 15) is 0 Å². The molecule has 0 aromatic heterocycles. The van der Waals surface area contributed by atoms with E-state index in [0.29, 0.717) is 78.9 Å². The Morgan fingerprint density at radius 3 is 2.12 bits per heavy atom. The fourth-order valence-corrected chi connectivity index (χ4v) is 10.5. The molecule has 6 N–H and O–H groups in total. The van der Waals surface area contributed by atoms with E-state index in [1.54, 1.807) is 0 Å². The minimum Gasteiger partial charge on any atom is -0.378 e. The van der Waals surface area contributed by atoms with Crippen molar-refractivity contribution in [2.75, 3.05) is 60.1 Å². The van der Waals surface area contributed by atoms with Gasteiger partial charge in [0.1, 0.15) is 0 Å². The molecule has 0 radical (unpaired) electrons. The van der Waals surface area contributed by atoms with Crippen LogP contribution in [0.2, 0.25) is 0 Å². The maximum absolute atomic E-state index is 6.98. The molecule has 4 fully saturated rings. The van der Waals surface area contributed by atoms with Crippen molar-refractivity contribution in [3.8, 4) is 0 Å². The molecule has 0 aromatic rings. The number of hydrogen-bond acceptors (Lipinski definition) is 7. The summed E-state index contributed by atoms with van der Waals surface area (Å²) in [5, 5.41) is 0. The topological polar surface area (TPSA) is 109 Å². The zero-order valence-electron chi connectivity index (χ0n) is 28.0. The van der Waals surface area contributed by atoms with Crippen LogP contribution in [0, 0.1) is 46.3 Å². The first-order chi connectivity index (χ1) is 20.2. The van der Waals surface area contributed by atoms with Crippen LogP contribution in [0.1, 0.15) is 97.8 Å². The van der Waals surface area contributed by atoms with Gasteiger partial charge in [-0.05, 0) is 158 Å². The maximum Gasteiger partial charge on any atom is 0.0637 e. The zero-order chi connectivity index (χ0) is 30.3. The summed E-state index contributed by atoms with van der Waals surface area (Å²) in [4.78, 5) is 2.33. The molecule has 0 unspecified atom stereocenters. The molecular formula is C35H68N4O3. The van der Waals surface area contributed by atoms with Gasteiger partial charge in [0, 0.05) is 25.2 Å². The molecule has 4 rings (SSSR count). The highest BCUT2D eigenvalue weighted by Crippen LogP contribution is 2.69. The highest BCUT2D eigenvalue weighted by atomic mass is 16.5. The van der Waals surface area contributed by atoms with Crippen LogP contribution in [0.3, 0.4) is 0 Å². The molecule has 42 heavy (non-hydrogen) atoms. The average Bonchev–Trinajstić information content (AvgIpc) is 3.32. The lowest BCUT2D eigenvalue weighted by Crippen LogP contribution is -2.63. The van der Waals surface area contributed by atoms with E-state index < -0.39 is 0 Å². The first kappa shape index (κ1) is 34.6. The highest BCUT2D eigenvalue weighted by Gasteiger charge is 2.66. The molecule has 0 bridgehead atoms. The molecule has 4 saturated carbocycles. The smallest absolute Gasteiger partial charge is 0.0637 e. The van der Waals surface area contributed by atoms with E-state index in [-0.39, 0.29) is 5.41 Å².